The fourth-order valence-electron chi connectivity index (χ4n) is 2.83. The molecule has 1 amide bonds. The first-order valence-corrected chi connectivity index (χ1v) is 10.7. The van der Waals surface area contributed by atoms with E-state index in [1.807, 2.05) is 28.3 Å². The van der Waals surface area contributed by atoms with Crippen molar-refractivity contribution in [1.29, 1.82) is 0 Å². The molecule has 3 rings (SSSR count). The highest BCUT2D eigenvalue weighted by Crippen LogP contribution is 2.25. The van der Waals surface area contributed by atoms with Gasteiger partial charge in [-0.2, -0.15) is 11.3 Å². The predicted octanol–water partition coefficient (Wildman–Crippen LogP) is 3.23. The van der Waals surface area contributed by atoms with Gasteiger partial charge in [0.1, 0.15) is 17.2 Å². The van der Waals surface area contributed by atoms with E-state index in [1.165, 1.54) is 27.4 Å². The van der Waals surface area contributed by atoms with Gasteiger partial charge in [-0.05, 0) is 30.9 Å². The van der Waals surface area contributed by atoms with Crippen LogP contribution in [0.1, 0.15) is 35.5 Å². The molecule has 0 aliphatic heterocycles. The number of hydrogen-bond acceptors (Lipinski definition) is 4. The summed E-state index contributed by atoms with van der Waals surface area (Å²) in [6.07, 6.45) is 0. The molecule has 0 aliphatic rings. The van der Waals surface area contributed by atoms with Crippen molar-refractivity contribution < 1.29 is 9.69 Å². The van der Waals surface area contributed by atoms with Gasteiger partial charge in [-0.15, -0.1) is 11.3 Å². The quantitative estimate of drug-likeness (QED) is 0.624. The first kappa shape index (κ1) is 18.8. The number of aromatic nitrogens is 1. The highest BCUT2D eigenvalue weighted by Gasteiger charge is 2.14. The summed E-state index contributed by atoms with van der Waals surface area (Å²) in [5.41, 5.74) is 4.03. The van der Waals surface area contributed by atoms with Crippen LogP contribution in [0.5, 0.6) is 0 Å². The number of amides is 1. The Balaban J connectivity index is 1.65. The van der Waals surface area contributed by atoms with E-state index in [1.54, 1.807) is 11.3 Å². The van der Waals surface area contributed by atoms with E-state index in [0.717, 1.165) is 30.2 Å². The number of thiazole rings is 1. The van der Waals surface area contributed by atoms with Crippen LogP contribution in [0, 0.1) is 0 Å². The summed E-state index contributed by atoms with van der Waals surface area (Å²) >= 11 is 3.14. The van der Waals surface area contributed by atoms with Gasteiger partial charge in [0.2, 0.25) is 0 Å². The van der Waals surface area contributed by atoms with Gasteiger partial charge in [-0.25, -0.2) is 4.98 Å². The number of hydrogen-bond donors (Lipinski definition) is 2. The average Bonchev–Trinajstić information content (AvgIpc) is 3.36. The van der Waals surface area contributed by atoms with Crippen molar-refractivity contribution in [1.82, 2.24) is 10.3 Å². The normalized spacial score (nSPS) is 11.0. The van der Waals surface area contributed by atoms with Crippen LogP contribution in [0.15, 0.2) is 46.5 Å². The number of benzene rings is 1. The highest BCUT2D eigenvalue weighted by molar-refractivity contribution is 7.14. The minimum atomic E-state index is -0.118. The summed E-state index contributed by atoms with van der Waals surface area (Å²) in [6, 6.07) is 10.4. The van der Waals surface area contributed by atoms with Gasteiger partial charge in [-0.3, -0.25) is 4.79 Å². The van der Waals surface area contributed by atoms with Crippen LogP contribution >= 0.6 is 22.7 Å². The third-order valence-corrected chi connectivity index (χ3v) is 6.08. The number of nitrogens with one attached hydrogen (secondary N) is 2. The number of carbonyl (C=O) groups excluding carboxylic acids is 1. The third-order valence-electron chi connectivity index (χ3n) is 4.50. The second kappa shape index (κ2) is 9.07. The van der Waals surface area contributed by atoms with Gasteiger partial charge >= 0.3 is 0 Å². The van der Waals surface area contributed by atoms with Gasteiger partial charge in [0.15, 0.2) is 0 Å². The first-order chi connectivity index (χ1) is 12.7. The lowest BCUT2D eigenvalue weighted by atomic mass is 10.1. The maximum atomic E-state index is 12.5. The van der Waals surface area contributed by atoms with Crippen LogP contribution in [0.3, 0.4) is 0 Å². The van der Waals surface area contributed by atoms with E-state index in [-0.39, 0.29) is 5.91 Å². The van der Waals surface area contributed by atoms with E-state index >= 15 is 0 Å². The molecule has 26 heavy (non-hydrogen) atoms. The molecule has 0 aliphatic carbocycles. The monoisotopic (exact) mass is 386 g/mol. The predicted molar refractivity (Wildman–Crippen MR) is 109 cm³/mol. The van der Waals surface area contributed by atoms with Crippen LogP contribution < -0.4 is 10.2 Å². The molecule has 2 N–H and O–H groups in total. The van der Waals surface area contributed by atoms with Crippen molar-refractivity contribution in [3.63, 3.8) is 0 Å². The van der Waals surface area contributed by atoms with Crippen LogP contribution in [0.25, 0.3) is 10.6 Å². The minimum absolute atomic E-state index is 0.118. The fourth-order valence-corrected chi connectivity index (χ4v) is 4.35. The number of quaternary nitrogens is 1. The van der Waals surface area contributed by atoms with Crippen molar-refractivity contribution in [3.8, 4) is 10.6 Å². The maximum absolute atomic E-state index is 12.5. The molecule has 6 heteroatoms. The molecular weight excluding hydrogens is 362 g/mol. The van der Waals surface area contributed by atoms with E-state index in [0.29, 0.717) is 12.2 Å². The number of nitrogens with zero attached hydrogens (tertiary/aromatic N) is 1. The lowest BCUT2D eigenvalue weighted by Crippen LogP contribution is -3.10. The first-order valence-electron chi connectivity index (χ1n) is 8.87. The maximum Gasteiger partial charge on any atom is 0.271 e. The summed E-state index contributed by atoms with van der Waals surface area (Å²) in [5.74, 6) is -0.118. The Morgan fingerprint density at radius 1 is 1.12 bits per heavy atom. The summed E-state index contributed by atoms with van der Waals surface area (Å²) in [4.78, 5) is 18.5. The van der Waals surface area contributed by atoms with Gasteiger partial charge in [0.25, 0.3) is 5.91 Å². The number of carbonyl (C=O) groups is 1. The third kappa shape index (κ3) is 4.58. The van der Waals surface area contributed by atoms with Crippen molar-refractivity contribution in [2.24, 2.45) is 0 Å². The lowest BCUT2D eigenvalue weighted by Gasteiger charge is -2.17. The van der Waals surface area contributed by atoms with Crippen LogP contribution in [-0.4, -0.2) is 24.0 Å². The molecular formula is C20H24N3OS2+. The Bertz CT molecular complexity index is 838. The largest absolute Gasteiger partial charge is 0.347 e. The zero-order chi connectivity index (χ0) is 18.4. The molecule has 0 saturated carbocycles. The molecule has 0 spiro atoms. The second-order valence-corrected chi connectivity index (χ2v) is 7.77. The Kier molecular flexibility index (Phi) is 6.55. The van der Waals surface area contributed by atoms with Gasteiger partial charge in [0, 0.05) is 28.4 Å². The Labute approximate surface area is 162 Å². The lowest BCUT2D eigenvalue weighted by molar-refractivity contribution is -0.910. The topological polar surface area (TPSA) is 46.4 Å². The molecule has 0 saturated heterocycles. The highest BCUT2D eigenvalue weighted by atomic mass is 32.1. The van der Waals surface area contributed by atoms with Crippen molar-refractivity contribution in [2.45, 2.75) is 26.9 Å². The molecule has 0 fully saturated rings. The fraction of sp³-hybridized carbons (Fsp3) is 0.300. The van der Waals surface area contributed by atoms with Crippen molar-refractivity contribution in [2.75, 3.05) is 13.1 Å². The molecule has 0 bridgehead atoms. The van der Waals surface area contributed by atoms with E-state index < -0.39 is 0 Å². The van der Waals surface area contributed by atoms with Crippen molar-refractivity contribution >= 4 is 28.6 Å². The standard InChI is InChI=1S/C20H23N3OS2/c1-3-23(4-2)12-16-8-6-5-7-15(16)11-21-19(24)18-14-26-20(22-18)17-9-10-25-13-17/h5-10,13-14H,3-4,11-12H2,1-2H3,(H,21,24)/p+1. The molecule has 136 valence electrons. The molecule has 2 heterocycles. The molecule has 3 aromatic rings. The smallest absolute Gasteiger partial charge is 0.271 e. The molecule has 0 unspecified atom stereocenters. The van der Waals surface area contributed by atoms with Crippen molar-refractivity contribution in [3.05, 3.63) is 63.3 Å². The zero-order valence-electron chi connectivity index (χ0n) is 15.1. The van der Waals surface area contributed by atoms with Gasteiger partial charge in [-0.1, -0.05) is 24.3 Å². The Morgan fingerprint density at radius 3 is 2.58 bits per heavy atom. The van der Waals surface area contributed by atoms with Crippen LogP contribution in [-0.2, 0) is 13.1 Å². The number of thiophene rings is 1. The molecule has 4 nitrogen and oxygen atoms in total. The second-order valence-electron chi connectivity index (χ2n) is 6.14. The summed E-state index contributed by atoms with van der Waals surface area (Å²) in [7, 11) is 0. The molecule has 0 atom stereocenters. The Hall–Kier alpha value is -2.02. The van der Waals surface area contributed by atoms with E-state index in [2.05, 4.69) is 42.3 Å². The van der Waals surface area contributed by atoms with Crippen LogP contribution in [0.4, 0.5) is 0 Å². The number of rotatable bonds is 8. The average molecular weight is 387 g/mol. The van der Waals surface area contributed by atoms with Gasteiger partial charge < -0.3 is 10.2 Å². The van der Waals surface area contributed by atoms with Crippen LogP contribution in [0.2, 0.25) is 0 Å². The SMILES string of the molecule is CC[NH+](CC)Cc1ccccc1CNC(=O)c1csc(-c2ccsc2)n1. The summed E-state index contributed by atoms with van der Waals surface area (Å²) < 4.78 is 0. The molecule has 1 aromatic carbocycles. The zero-order valence-corrected chi connectivity index (χ0v) is 16.8. The van der Waals surface area contributed by atoms with Gasteiger partial charge in [0.05, 0.1) is 13.1 Å². The summed E-state index contributed by atoms with van der Waals surface area (Å²) in [6.45, 7) is 8.12. The summed E-state index contributed by atoms with van der Waals surface area (Å²) in [5, 5.41) is 9.81. The molecule has 2 aromatic heterocycles. The molecule has 0 radical (unpaired) electrons. The Morgan fingerprint density at radius 2 is 1.88 bits per heavy atom. The van der Waals surface area contributed by atoms with E-state index in [9.17, 15) is 4.79 Å². The van der Waals surface area contributed by atoms with E-state index in [4.69, 9.17) is 0 Å². The minimum Gasteiger partial charge on any atom is -0.347 e.